The molecular formula is C13H12O. The van der Waals surface area contributed by atoms with Crippen molar-refractivity contribution >= 4 is 10.8 Å². The molecule has 2 aromatic carbocycles. The number of benzene rings is 2. The summed E-state index contributed by atoms with van der Waals surface area (Å²) >= 11 is 0. The van der Waals surface area contributed by atoms with Gasteiger partial charge in [-0.2, -0.15) is 0 Å². The zero-order valence-electron chi connectivity index (χ0n) is 8.16. The van der Waals surface area contributed by atoms with Gasteiger partial charge in [0.15, 0.2) is 0 Å². The molecule has 0 aromatic heterocycles. The third-order valence-electron chi connectivity index (χ3n) is 2.93. The quantitative estimate of drug-likeness (QED) is 0.609. The van der Waals surface area contributed by atoms with Crippen molar-refractivity contribution in [3.8, 4) is 0 Å². The Kier molecular flexibility index (Phi) is 1.62. The Labute approximate surface area is 83.3 Å². The summed E-state index contributed by atoms with van der Waals surface area (Å²) in [5.41, 5.74) is 2.69. The summed E-state index contributed by atoms with van der Waals surface area (Å²) in [6, 6.07) is 13.0. The van der Waals surface area contributed by atoms with Gasteiger partial charge >= 0.3 is 0 Å². The van der Waals surface area contributed by atoms with Crippen LogP contribution in [0.5, 0.6) is 0 Å². The number of hydrogen-bond donors (Lipinski definition) is 0. The van der Waals surface area contributed by atoms with E-state index in [1.165, 1.54) is 21.9 Å². The Hall–Kier alpha value is -1.34. The Bertz CT molecular complexity index is 488. The summed E-state index contributed by atoms with van der Waals surface area (Å²) in [4.78, 5) is 0. The molecule has 0 saturated carbocycles. The number of fused-ring (bicyclic) bond motifs is 2. The average molecular weight is 184 g/mol. The largest absolute Gasteiger partial charge is 0.369 e. The van der Waals surface area contributed by atoms with Crippen LogP contribution in [0.3, 0.4) is 0 Å². The maximum Gasteiger partial charge on any atom is 0.0805 e. The summed E-state index contributed by atoms with van der Waals surface area (Å²) in [6.07, 6.45) is 0.259. The molecule has 1 aliphatic rings. The van der Waals surface area contributed by atoms with Gasteiger partial charge in [-0.15, -0.1) is 0 Å². The van der Waals surface area contributed by atoms with Gasteiger partial charge in [0.25, 0.3) is 0 Å². The Morgan fingerprint density at radius 2 is 1.86 bits per heavy atom. The summed E-state index contributed by atoms with van der Waals surface area (Å²) < 4.78 is 5.59. The highest BCUT2D eigenvalue weighted by molar-refractivity contribution is 5.84. The summed E-state index contributed by atoms with van der Waals surface area (Å²) in [5, 5.41) is 2.62. The van der Waals surface area contributed by atoms with E-state index in [4.69, 9.17) is 4.74 Å². The van der Waals surface area contributed by atoms with Crippen LogP contribution in [-0.4, -0.2) is 0 Å². The van der Waals surface area contributed by atoms with Gasteiger partial charge in [0.2, 0.25) is 0 Å². The van der Waals surface area contributed by atoms with E-state index < -0.39 is 0 Å². The summed E-state index contributed by atoms with van der Waals surface area (Å²) in [6.45, 7) is 2.88. The molecule has 3 rings (SSSR count). The smallest absolute Gasteiger partial charge is 0.0805 e. The van der Waals surface area contributed by atoms with Crippen molar-refractivity contribution in [3.63, 3.8) is 0 Å². The lowest BCUT2D eigenvalue weighted by molar-refractivity contribution is 0.0796. The fraction of sp³-hybridized carbons (Fsp3) is 0.231. The molecule has 70 valence electrons. The normalized spacial score (nSPS) is 19.9. The molecule has 0 spiro atoms. The van der Waals surface area contributed by atoms with Crippen LogP contribution in [-0.2, 0) is 11.3 Å². The van der Waals surface area contributed by atoms with Gasteiger partial charge in [-0.25, -0.2) is 0 Å². The first-order valence-corrected chi connectivity index (χ1v) is 4.98. The zero-order chi connectivity index (χ0) is 9.54. The molecule has 1 heteroatoms. The van der Waals surface area contributed by atoms with E-state index in [2.05, 4.69) is 43.3 Å². The van der Waals surface area contributed by atoms with Gasteiger partial charge in [0.1, 0.15) is 0 Å². The lowest BCUT2D eigenvalue weighted by Crippen LogP contribution is -1.87. The molecule has 1 atom stereocenters. The Morgan fingerprint density at radius 3 is 2.64 bits per heavy atom. The minimum Gasteiger partial charge on any atom is -0.369 e. The van der Waals surface area contributed by atoms with Crippen molar-refractivity contribution in [1.82, 2.24) is 0 Å². The van der Waals surface area contributed by atoms with Crippen LogP contribution in [0.25, 0.3) is 10.8 Å². The van der Waals surface area contributed by atoms with Crippen LogP contribution in [0.15, 0.2) is 36.4 Å². The second-order valence-corrected chi connectivity index (χ2v) is 3.85. The second kappa shape index (κ2) is 2.82. The molecule has 0 fully saturated rings. The Morgan fingerprint density at radius 1 is 1.14 bits per heavy atom. The van der Waals surface area contributed by atoms with E-state index in [1.54, 1.807) is 0 Å². The average Bonchev–Trinajstić information content (AvgIpc) is 2.57. The van der Waals surface area contributed by atoms with Crippen LogP contribution in [0.4, 0.5) is 0 Å². The minimum absolute atomic E-state index is 0.259. The topological polar surface area (TPSA) is 9.23 Å². The van der Waals surface area contributed by atoms with Gasteiger partial charge in [0.05, 0.1) is 12.7 Å². The van der Waals surface area contributed by atoms with Crippen LogP contribution in [0.1, 0.15) is 24.2 Å². The maximum absolute atomic E-state index is 5.59. The fourth-order valence-electron chi connectivity index (χ4n) is 2.11. The Balaban J connectivity index is 2.33. The van der Waals surface area contributed by atoms with E-state index in [0.717, 1.165) is 6.61 Å². The highest BCUT2D eigenvalue weighted by Crippen LogP contribution is 2.33. The van der Waals surface area contributed by atoms with Crippen molar-refractivity contribution < 1.29 is 4.74 Å². The summed E-state index contributed by atoms with van der Waals surface area (Å²) in [5.74, 6) is 0. The molecule has 14 heavy (non-hydrogen) atoms. The highest BCUT2D eigenvalue weighted by atomic mass is 16.5. The van der Waals surface area contributed by atoms with E-state index in [-0.39, 0.29) is 6.10 Å². The van der Waals surface area contributed by atoms with Gasteiger partial charge < -0.3 is 4.74 Å². The molecule has 2 aromatic rings. The van der Waals surface area contributed by atoms with Crippen molar-refractivity contribution in [2.45, 2.75) is 19.6 Å². The van der Waals surface area contributed by atoms with Crippen LogP contribution >= 0.6 is 0 Å². The third-order valence-corrected chi connectivity index (χ3v) is 2.93. The molecular weight excluding hydrogens is 172 g/mol. The predicted molar refractivity (Wildman–Crippen MR) is 57.2 cm³/mol. The molecule has 0 radical (unpaired) electrons. The van der Waals surface area contributed by atoms with Gasteiger partial charge in [-0.05, 0) is 41.0 Å². The van der Waals surface area contributed by atoms with Crippen molar-refractivity contribution in [2.24, 2.45) is 0 Å². The number of hydrogen-bond acceptors (Lipinski definition) is 1. The van der Waals surface area contributed by atoms with Gasteiger partial charge in [-0.1, -0.05) is 24.3 Å². The predicted octanol–water partition coefficient (Wildman–Crippen LogP) is 3.43. The first-order valence-electron chi connectivity index (χ1n) is 4.98. The van der Waals surface area contributed by atoms with E-state index in [1.807, 2.05) is 0 Å². The van der Waals surface area contributed by atoms with Crippen LogP contribution < -0.4 is 0 Å². The summed E-state index contributed by atoms with van der Waals surface area (Å²) in [7, 11) is 0. The standard InChI is InChI=1S/C13H12O/c1-9-13-7-11-5-3-2-4-10(11)6-12(13)8-14-9/h2-7,9H,8H2,1H3. The third kappa shape index (κ3) is 1.06. The maximum atomic E-state index is 5.59. The van der Waals surface area contributed by atoms with E-state index in [0.29, 0.717) is 0 Å². The van der Waals surface area contributed by atoms with Crippen LogP contribution in [0.2, 0.25) is 0 Å². The fourth-order valence-corrected chi connectivity index (χ4v) is 2.11. The first-order chi connectivity index (χ1) is 6.84. The lowest BCUT2D eigenvalue weighted by atomic mass is 10.0. The number of ether oxygens (including phenoxy) is 1. The molecule has 0 bridgehead atoms. The molecule has 0 amide bonds. The van der Waals surface area contributed by atoms with Gasteiger partial charge in [0, 0.05) is 0 Å². The highest BCUT2D eigenvalue weighted by Gasteiger charge is 2.18. The monoisotopic (exact) mass is 184 g/mol. The van der Waals surface area contributed by atoms with Crippen LogP contribution in [0, 0.1) is 0 Å². The minimum atomic E-state index is 0.259. The van der Waals surface area contributed by atoms with E-state index >= 15 is 0 Å². The molecule has 0 saturated heterocycles. The second-order valence-electron chi connectivity index (χ2n) is 3.85. The zero-order valence-corrected chi connectivity index (χ0v) is 8.16. The molecule has 0 N–H and O–H groups in total. The first kappa shape index (κ1) is 8.01. The van der Waals surface area contributed by atoms with Crippen molar-refractivity contribution in [2.75, 3.05) is 0 Å². The molecule has 1 nitrogen and oxygen atoms in total. The molecule has 1 aliphatic heterocycles. The lowest BCUT2D eigenvalue weighted by Gasteiger charge is -2.04. The number of rotatable bonds is 0. The van der Waals surface area contributed by atoms with E-state index in [9.17, 15) is 0 Å². The van der Waals surface area contributed by atoms with Crippen molar-refractivity contribution in [3.05, 3.63) is 47.5 Å². The van der Waals surface area contributed by atoms with Crippen molar-refractivity contribution in [1.29, 1.82) is 0 Å². The van der Waals surface area contributed by atoms with Gasteiger partial charge in [-0.3, -0.25) is 0 Å². The molecule has 1 unspecified atom stereocenters. The molecule has 1 heterocycles. The molecule has 0 aliphatic carbocycles. The SMILES string of the molecule is CC1OCc2cc3ccccc3cc21.